The maximum absolute atomic E-state index is 4.72. The van der Waals surface area contributed by atoms with Gasteiger partial charge in [-0.2, -0.15) is 5.10 Å². The molecule has 0 radical (unpaired) electrons. The Hall–Kier alpha value is -2.45. The van der Waals surface area contributed by atoms with Crippen molar-refractivity contribution in [2.24, 2.45) is 12.0 Å². The van der Waals surface area contributed by atoms with Crippen LogP contribution in [0.5, 0.6) is 0 Å². The van der Waals surface area contributed by atoms with Crippen molar-refractivity contribution in [3.8, 4) is 0 Å². The summed E-state index contributed by atoms with van der Waals surface area (Å²) < 4.78 is 3.98. The van der Waals surface area contributed by atoms with Gasteiger partial charge in [0.1, 0.15) is 24.0 Å². The predicted octanol–water partition coefficient (Wildman–Crippen LogP) is 0.874. The van der Waals surface area contributed by atoms with Crippen molar-refractivity contribution in [3.05, 3.63) is 23.3 Å². The minimum atomic E-state index is 0.290. The predicted molar refractivity (Wildman–Crippen MR) is 99.8 cm³/mol. The van der Waals surface area contributed by atoms with Crippen LogP contribution in [0.1, 0.15) is 49.5 Å². The maximum Gasteiger partial charge on any atom is 0.191 e. The zero-order valence-corrected chi connectivity index (χ0v) is 16.2. The molecule has 0 amide bonds. The van der Waals surface area contributed by atoms with Crippen LogP contribution in [-0.2, 0) is 26.6 Å². The molecule has 1 aliphatic heterocycles. The second kappa shape index (κ2) is 8.29. The van der Waals surface area contributed by atoms with Crippen LogP contribution in [0.15, 0.2) is 4.99 Å². The number of unbranched alkanes of at least 4 members (excludes halogenated alkanes) is 1. The monoisotopic (exact) mass is 359 g/mol. The summed E-state index contributed by atoms with van der Waals surface area (Å²) in [6.07, 6.45) is 4.22. The van der Waals surface area contributed by atoms with Crippen LogP contribution in [-0.4, -0.2) is 48.1 Å². The number of hydrogen-bond donors (Lipinski definition) is 2. The summed E-state index contributed by atoms with van der Waals surface area (Å²) in [5, 5.41) is 19.7. The molecule has 9 heteroatoms. The number of nitrogens with zero attached hydrogens (tertiary/aromatic N) is 7. The zero-order chi connectivity index (χ0) is 18.5. The number of nitrogens with one attached hydrogen (secondary N) is 2. The topological polar surface area (TPSA) is 97.8 Å². The molecule has 3 rings (SSSR count). The summed E-state index contributed by atoms with van der Waals surface area (Å²) in [5.74, 6) is 4.49. The van der Waals surface area contributed by atoms with Crippen molar-refractivity contribution < 1.29 is 0 Å². The normalized spacial score (nSPS) is 17.2. The molecule has 9 nitrogen and oxygen atoms in total. The van der Waals surface area contributed by atoms with Gasteiger partial charge in [-0.1, -0.05) is 13.3 Å². The van der Waals surface area contributed by atoms with E-state index in [0.717, 1.165) is 68.0 Å². The summed E-state index contributed by atoms with van der Waals surface area (Å²) in [5.41, 5.74) is 0. The van der Waals surface area contributed by atoms with E-state index in [-0.39, 0.29) is 6.04 Å². The van der Waals surface area contributed by atoms with Gasteiger partial charge in [0.25, 0.3) is 0 Å². The largest absolute Gasteiger partial charge is 0.356 e. The molecule has 2 N–H and O–H groups in total. The lowest BCUT2D eigenvalue weighted by atomic mass is 10.1. The van der Waals surface area contributed by atoms with Crippen LogP contribution in [0.25, 0.3) is 0 Å². The molecule has 1 aliphatic rings. The lowest BCUT2D eigenvalue weighted by Crippen LogP contribution is -2.47. The second-order valence-corrected chi connectivity index (χ2v) is 6.80. The minimum absolute atomic E-state index is 0.290. The van der Waals surface area contributed by atoms with E-state index in [9.17, 15) is 0 Å². The Labute approximate surface area is 154 Å². The SMILES string of the molecule is CCCCNC(=NCc1nnc(C)n1C)NC1CCc2nc(C)nn2C1. The second-order valence-electron chi connectivity index (χ2n) is 6.80. The van der Waals surface area contributed by atoms with Gasteiger partial charge in [0.15, 0.2) is 11.8 Å². The Morgan fingerprint density at radius 3 is 2.88 bits per heavy atom. The highest BCUT2D eigenvalue weighted by Crippen LogP contribution is 2.12. The van der Waals surface area contributed by atoms with Gasteiger partial charge >= 0.3 is 0 Å². The molecule has 0 saturated heterocycles. The Morgan fingerprint density at radius 2 is 2.15 bits per heavy atom. The van der Waals surface area contributed by atoms with Crippen LogP contribution < -0.4 is 10.6 Å². The van der Waals surface area contributed by atoms with Gasteiger partial charge in [-0.25, -0.2) is 14.7 Å². The molecular weight excluding hydrogens is 330 g/mol. The lowest BCUT2D eigenvalue weighted by Gasteiger charge is -2.25. The van der Waals surface area contributed by atoms with Crippen LogP contribution >= 0.6 is 0 Å². The molecule has 26 heavy (non-hydrogen) atoms. The van der Waals surface area contributed by atoms with Crippen LogP contribution in [0, 0.1) is 13.8 Å². The van der Waals surface area contributed by atoms with E-state index in [4.69, 9.17) is 4.99 Å². The molecule has 0 aliphatic carbocycles. The van der Waals surface area contributed by atoms with Crippen molar-refractivity contribution in [3.63, 3.8) is 0 Å². The molecule has 0 saturated carbocycles. The highest BCUT2D eigenvalue weighted by Gasteiger charge is 2.21. The lowest BCUT2D eigenvalue weighted by molar-refractivity contribution is 0.392. The number of guanidine groups is 1. The highest BCUT2D eigenvalue weighted by atomic mass is 15.4. The van der Waals surface area contributed by atoms with Crippen molar-refractivity contribution in [2.75, 3.05) is 6.54 Å². The van der Waals surface area contributed by atoms with E-state index < -0.39 is 0 Å². The first-order valence-electron chi connectivity index (χ1n) is 9.37. The van der Waals surface area contributed by atoms with E-state index in [2.05, 4.69) is 37.8 Å². The number of rotatable bonds is 6. The molecule has 3 heterocycles. The molecule has 2 aromatic heterocycles. The summed E-state index contributed by atoms with van der Waals surface area (Å²) >= 11 is 0. The molecule has 0 aromatic carbocycles. The van der Waals surface area contributed by atoms with Gasteiger partial charge < -0.3 is 15.2 Å². The third-order valence-electron chi connectivity index (χ3n) is 4.69. The molecule has 142 valence electrons. The van der Waals surface area contributed by atoms with Crippen LogP contribution in [0.3, 0.4) is 0 Å². The summed E-state index contributed by atoms with van der Waals surface area (Å²) in [4.78, 5) is 9.19. The van der Waals surface area contributed by atoms with Crippen LogP contribution in [0.4, 0.5) is 0 Å². The molecule has 1 atom stereocenters. The highest BCUT2D eigenvalue weighted by molar-refractivity contribution is 5.80. The molecule has 0 bridgehead atoms. The first-order valence-corrected chi connectivity index (χ1v) is 9.37. The fourth-order valence-electron chi connectivity index (χ4n) is 3.02. The first kappa shape index (κ1) is 18.3. The van der Waals surface area contributed by atoms with Gasteiger partial charge in [-0.05, 0) is 26.7 Å². The van der Waals surface area contributed by atoms with E-state index in [1.54, 1.807) is 0 Å². The van der Waals surface area contributed by atoms with E-state index in [0.29, 0.717) is 6.54 Å². The molecule has 0 spiro atoms. The summed E-state index contributed by atoms with van der Waals surface area (Å²) in [6.45, 7) is 8.28. The Morgan fingerprint density at radius 1 is 1.31 bits per heavy atom. The van der Waals surface area contributed by atoms with Gasteiger partial charge in [0.2, 0.25) is 0 Å². The Balaban J connectivity index is 1.65. The minimum Gasteiger partial charge on any atom is -0.356 e. The third kappa shape index (κ3) is 4.39. The van der Waals surface area contributed by atoms with Gasteiger partial charge in [0.05, 0.1) is 6.54 Å². The molecule has 0 fully saturated rings. The van der Waals surface area contributed by atoms with Crippen LogP contribution in [0.2, 0.25) is 0 Å². The summed E-state index contributed by atoms with van der Waals surface area (Å²) in [7, 11) is 1.97. The number of aryl methyl sites for hydroxylation is 3. The number of aromatic nitrogens is 6. The average Bonchev–Trinajstić information content (AvgIpc) is 3.14. The van der Waals surface area contributed by atoms with Gasteiger partial charge in [0, 0.05) is 26.1 Å². The van der Waals surface area contributed by atoms with Crippen molar-refractivity contribution >= 4 is 5.96 Å². The van der Waals surface area contributed by atoms with E-state index in [1.807, 2.05) is 30.1 Å². The number of aliphatic imine (C=N–C) groups is 1. The molecule has 2 aromatic rings. The smallest absolute Gasteiger partial charge is 0.191 e. The standard InChI is InChI=1S/C17H29N9/c1-5-6-9-18-17(19-10-16-23-22-13(3)25(16)4)21-14-7-8-15-20-12(2)24-26(15)11-14/h14H,5-11H2,1-4H3,(H2,18,19,21). The fraction of sp³-hybridized carbons (Fsp3) is 0.706. The zero-order valence-electron chi connectivity index (χ0n) is 16.2. The fourth-order valence-corrected chi connectivity index (χ4v) is 3.02. The van der Waals surface area contributed by atoms with Crippen molar-refractivity contribution in [2.45, 2.75) is 65.6 Å². The van der Waals surface area contributed by atoms with E-state index >= 15 is 0 Å². The molecular formula is C17H29N9. The van der Waals surface area contributed by atoms with E-state index in [1.165, 1.54) is 0 Å². The van der Waals surface area contributed by atoms with Gasteiger partial charge in [-0.15, -0.1) is 10.2 Å². The maximum atomic E-state index is 4.72. The number of hydrogen-bond acceptors (Lipinski definition) is 5. The third-order valence-corrected chi connectivity index (χ3v) is 4.69. The first-order chi connectivity index (χ1) is 12.6. The average molecular weight is 359 g/mol. The Kier molecular flexibility index (Phi) is 5.85. The number of fused-ring (bicyclic) bond motifs is 1. The van der Waals surface area contributed by atoms with Crippen molar-refractivity contribution in [1.82, 2.24) is 40.2 Å². The van der Waals surface area contributed by atoms with Gasteiger partial charge in [-0.3, -0.25) is 0 Å². The molecule has 1 unspecified atom stereocenters. The Bertz CT molecular complexity index is 758. The quantitative estimate of drug-likeness (QED) is 0.451. The summed E-state index contributed by atoms with van der Waals surface area (Å²) in [6, 6.07) is 0.290. The van der Waals surface area contributed by atoms with Crippen molar-refractivity contribution in [1.29, 1.82) is 0 Å².